The fourth-order valence-corrected chi connectivity index (χ4v) is 2.82. The molecule has 3 heterocycles. The second kappa shape index (κ2) is 9.83. The lowest BCUT2D eigenvalue weighted by molar-refractivity contribution is -0.00802. The molecule has 0 saturated carbocycles. The monoisotopic (exact) mass is 486 g/mol. The van der Waals surface area contributed by atoms with E-state index in [1.807, 2.05) is 44.1 Å². The minimum Gasteiger partial charge on any atom is -0.370 e. The van der Waals surface area contributed by atoms with Crippen LogP contribution in [0.15, 0.2) is 30.0 Å². The Morgan fingerprint density at radius 2 is 2.26 bits per heavy atom. The predicted octanol–water partition coefficient (Wildman–Crippen LogP) is 1.18. The van der Waals surface area contributed by atoms with Gasteiger partial charge in [-0.3, -0.25) is 4.68 Å². The van der Waals surface area contributed by atoms with E-state index in [0.29, 0.717) is 26.2 Å². The maximum absolute atomic E-state index is 5.92. The number of nitrogens with one attached hydrogen (secondary N) is 1. The van der Waals surface area contributed by atoms with Crippen molar-refractivity contribution in [2.75, 3.05) is 26.2 Å². The van der Waals surface area contributed by atoms with Crippen molar-refractivity contribution in [3.05, 3.63) is 42.3 Å². The molecule has 10 heteroatoms. The number of rotatable bonds is 5. The molecule has 0 aliphatic carbocycles. The number of morpholine rings is 1. The van der Waals surface area contributed by atoms with Gasteiger partial charge in [0.15, 0.2) is 11.8 Å². The van der Waals surface area contributed by atoms with Crippen LogP contribution in [-0.4, -0.2) is 61.6 Å². The highest BCUT2D eigenvalue weighted by molar-refractivity contribution is 14.0. The minimum absolute atomic E-state index is 0. The highest BCUT2D eigenvalue weighted by atomic mass is 127. The molecule has 148 valence electrons. The molecule has 0 bridgehead atoms. The van der Waals surface area contributed by atoms with Crippen molar-refractivity contribution in [2.24, 2.45) is 19.1 Å². The van der Waals surface area contributed by atoms with Crippen LogP contribution in [0.1, 0.15) is 23.3 Å². The van der Waals surface area contributed by atoms with Crippen molar-refractivity contribution in [1.29, 1.82) is 0 Å². The van der Waals surface area contributed by atoms with E-state index in [2.05, 4.69) is 32.1 Å². The van der Waals surface area contributed by atoms with E-state index in [9.17, 15) is 0 Å². The molecule has 27 heavy (non-hydrogen) atoms. The number of aromatic nitrogens is 5. The highest BCUT2D eigenvalue weighted by Crippen LogP contribution is 2.21. The first kappa shape index (κ1) is 21.4. The van der Waals surface area contributed by atoms with E-state index in [-0.39, 0.29) is 30.1 Å². The summed E-state index contributed by atoms with van der Waals surface area (Å²) in [5.74, 6) is 2.53. The molecule has 1 aliphatic heterocycles. The molecule has 9 nitrogen and oxygen atoms in total. The van der Waals surface area contributed by atoms with E-state index >= 15 is 0 Å². The lowest BCUT2D eigenvalue weighted by Crippen LogP contribution is -2.48. The van der Waals surface area contributed by atoms with Gasteiger partial charge in [-0.2, -0.15) is 5.10 Å². The Morgan fingerprint density at radius 3 is 2.89 bits per heavy atom. The standard InChI is InChI=1S/C17H26N8O.HI/c1-5-6-18-17(19-10-16-22-21-13(2)24(16)4)25-7-8-26-15(12-25)14-9-20-23(3)11-14;/h5,9,11,15H,1,6-8,10,12H2,2-4H3,(H,18,19);1H. The van der Waals surface area contributed by atoms with Gasteiger partial charge >= 0.3 is 0 Å². The summed E-state index contributed by atoms with van der Waals surface area (Å²) < 4.78 is 9.66. The Kier molecular flexibility index (Phi) is 7.78. The van der Waals surface area contributed by atoms with Gasteiger partial charge in [0.05, 0.1) is 19.3 Å². The fraction of sp³-hybridized carbons (Fsp3) is 0.529. The number of hydrogen-bond donors (Lipinski definition) is 1. The molecule has 3 rings (SSSR count). The van der Waals surface area contributed by atoms with Crippen LogP contribution in [-0.2, 0) is 25.4 Å². The fourth-order valence-electron chi connectivity index (χ4n) is 2.82. The maximum atomic E-state index is 5.92. The molecule has 1 saturated heterocycles. The zero-order chi connectivity index (χ0) is 18.5. The summed E-state index contributed by atoms with van der Waals surface area (Å²) in [6.07, 6.45) is 5.64. The average molecular weight is 486 g/mol. The number of nitrogens with zero attached hydrogens (tertiary/aromatic N) is 7. The number of aliphatic imine (C=N–C) groups is 1. The average Bonchev–Trinajstić information content (AvgIpc) is 3.22. The van der Waals surface area contributed by atoms with Crippen LogP contribution in [0.25, 0.3) is 0 Å². The van der Waals surface area contributed by atoms with Gasteiger partial charge in [-0.15, -0.1) is 40.8 Å². The van der Waals surface area contributed by atoms with Crippen LogP contribution < -0.4 is 5.32 Å². The van der Waals surface area contributed by atoms with Gasteiger partial charge in [0.2, 0.25) is 0 Å². The SMILES string of the molecule is C=CCNC(=NCc1nnc(C)n1C)N1CCOC(c2cnn(C)c2)C1.I. The normalized spacial score (nSPS) is 17.5. The molecule has 1 unspecified atom stereocenters. The molecule has 1 N–H and O–H groups in total. The van der Waals surface area contributed by atoms with Gasteiger partial charge in [-0.25, -0.2) is 4.99 Å². The lowest BCUT2D eigenvalue weighted by Gasteiger charge is -2.34. The molecular formula is C17H27IN8O. The maximum Gasteiger partial charge on any atom is 0.194 e. The molecule has 0 spiro atoms. The number of ether oxygens (including phenoxy) is 1. The van der Waals surface area contributed by atoms with Crippen LogP contribution >= 0.6 is 24.0 Å². The molecule has 2 aromatic heterocycles. The Balaban J connectivity index is 0.00000261. The van der Waals surface area contributed by atoms with Crippen LogP contribution in [0, 0.1) is 6.92 Å². The third-order valence-electron chi connectivity index (χ3n) is 4.42. The van der Waals surface area contributed by atoms with Gasteiger partial charge in [0.25, 0.3) is 0 Å². The van der Waals surface area contributed by atoms with E-state index in [1.54, 1.807) is 4.68 Å². The summed E-state index contributed by atoms with van der Waals surface area (Å²) in [7, 11) is 3.86. The van der Waals surface area contributed by atoms with Crippen molar-refractivity contribution >= 4 is 29.9 Å². The quantitative estimate of drug-likeness (QED) is 0.296. The van der Waals surface area contributed by atoms with Gasteiger partial charge < -0.3 is 19.5 Å². The first-order valence-electron chi connectivity index (χ1n) is 8.67. The Bertz CT molecular complexity index is 784. The number of aryl methyl sites for hydroxylation is 2. The summed E-state index contributed by atoms with van der Waals surface area (Å²) in [4.78, 5) is 6.95. The van der Waals surface area contributed by atoms with E-state index in [4.69, 9.17) is 9.73 Å². The Labute approximate surface area is 176 Å². The number of hydrogen-bond acceptors (Lipinski definition) is 5. The Hall–Kier alpha value is -1.95. The molecule has 1 fully saturated rings. The first-order chi connectivity index (χ1) is 12.6. The van der Waals surface area contributed by atoms with Crippen LogP contribution in [0.5, 0.6) is 0 Å². The third-order valence-corrected chi connectivity index (χ3v) is 4.42. The number of guanidine groups is 1. The van der Waals surface area contributed by atoms with Crippen molar-refractivity contribution in [3.63, 3.8) is 0 Å². The zero-order valence-electron chi connectivity index (χ0n) is 16.0. The summed E-state index contributed by atoms with van der Waals surface area (Å²) in [5, 5.41) is 15.8. The van der Waals surface area contributed by atoms with E-state index < -0.39 is 0 Å². The molecule has 0 amide bonds. The predicted molar refractivity (Wildman–Crippen MR) is 114 cm³/mol. The summed E-state index contributed by atoms with van der Waals surface area (Å²) >= 11 is 0. The lowest BCUT2D eigenvalue weighted by atomic mass is 10.1. The summed E-state index contributed by atoms with van der Waals surface area (Å²) in [6.45, 7) is 8.94. The van der Waals surface area contributed by atoms with Crippen molar-refractivity contribution < 1.29 is 4.74 Å². The Morgan fingerprint density at radius 1 is 1.44 bits per heavy atom. The van der Waals surface area contributed by atoms with Crippen molar-refractivity contribution in [3.8, 4) is 0 Å². The zero-order valence-corrected chi connectivity index (χ0v) is 18.3. The van der Waals surface area contributed by atoms with Crippen molar-refractivity contribution in [2.45, 2.75) is 19.6 Å². The summed E-state index contributed by atoms with van der Waals surface area (Å²) in [5.41, 5.74) is 1.07. The molecule has 2 aromatic rings. The van der Waals surface area contributed by atoms with Crippen molar-refractivity contribution in [1.82, 2.24) is 34.8 Å². The van der Waals surface area contributed by atoms with Gasteiger partial charge in [0.1, 0.15) is 18.5 Å². The topological polar surface area (TPSA) is 85.4 Å². The minimum atomic E-state index is -0.0229. The van der Waals surface area contributed by atoms with Gasteiger partial charge in [0, 0.05) is 38.9 Å². The second-order valence-corrected chi connectivity index (χ2v) is 6.28. The third kappa shape index (κ3) is 5.28. The molecule has 0 aromatic carbocycles. The molecule has 1 atom stereocenters. The van der Waals surface area contributed by atoms with Crippen LogP contribution in [0.4, 0.5) is 0 Å². The first-order valence-corrected chi connectivity index (χ1v) is 8.67. The number of halogens is 1. The molecular weight excluding hydrogens is 459 g/mol. The largest absolute Gasteiger partial charge is 0.370 e. The van der Waals surface area contributed by atoms with Gasteiger partial charge in [-0.1, -0.05) is 6.08 Å². The van der Waals surface area contributed by atoms with Crippen LogP contribution in [0.2, 0.25) is 0 Å². The smallest absolute Gasteiger partial charge is 0.194 e. The van der Waals surface area contributed by atoms with Gasteiger partial charge in [-0.05, 0) is 6.92 Å². The van der Waals surface area contributed by atoms with E-state index in [0.717, 1.165) is 29.7 Å². The summed E-state index contributed by atoms with van der Waals surface area (Å²) in [6, 6.07) is 0. The van der Waals surface area contributed by atoms with E-state index in [1.165, 1.54) is 0 Å². The molecule has 1 aliphatic rings. The highest BCUT2D eigenvalue weighted by Gasteiger charge is 2.25. The second-order valence-electron chi connectivity index (χ2n) is 6.28. The molecule has 0 radical (unpaired) electrons. The van der Waals surface area contributed by atoms with Crippen LogP contribution in [0.3, 0.4) is 0 Å².